The number of rotatable bonds is 12. The minimum atomic E-state index is -2.12. The normalized spacial score (nSPS) is 17.0. The van der Waals surface area contributed by atoms with Gasteiger partial charge in [0.1, 0.15) is 5.75 Å². The molecule has 4 rings (SSSR count). The van der Waals surface area contributed by atoms with Crippen LogP contribution in [0, 0.1) is 59.1 Å². The number of carbonyl (C=O) groups is 1. The smallest absolute Gasteiger partial charge is 0 e. The molecule has 0 bridgehead atoms. The van der Waals surface area contributed by atoms with Crippen LogP contribution < -0.4 is 4.74 Å². The van der Waals surface area contributed by atoms with Crippen molar-refractivity contribution in [1.82, 2.24) is 0 Å². The fourth-order valence-corrected chi connectivity index (χ4v) is 7.39. The van der Waals surface area contributed by atoms with Gasteiger partial charge in [-0.3, -0.25) is 4.79 Å². The van der Waals surface area contributed by atoms with E-state index in [-0.39, 0.29) is 63.0 Å². The number of unbranched alkanes of at least 4 members (excludes halogenated alkanes) is 2. The molecule has 0 N–H and O–H groups in total. The molecule has 0 spiro atoms. The van der Waals surface area contributed by atoms with E-state index in [0.29, 0.717) is 12.2 Å². The summed E-state index contributed by atoms with van der Waals surface area (Å²) in [5, 5.41) is 0.0700. The zero-order valence-corrected chi connectivity index (χ0v) is 36.6. The average molecular weight is 899 g/mol. The summed E-state index contributed by atoms with van der Waals surface area (Å²) in [5.74, 6) is 1.40. The number of ketones is 1. The fourth-order valence-electron chi connectivity index (χ4n) is 6.19. The van der Waals surface area contributed by atoms with Gasteiger partial charge in [0.2, 0.25) is 0 Å². The van der Waals surface area contributed by atoms with Crippen molar-refractivity contribution in [3.8, 4) is 5.75 Å². The minimum absolute atomic E-state index is 0. The van der Waals surface area contributed by atoms with Crippen molar-refractivity contribution in [3.63, 3.8) is 0 Å². The zero-order chi connectivity index (χ0) is 44.2. The van der Waals surface area contributed by atoms with E-state index < -0.39 is 8.32 Å². The van der Waals surface area contributed by atoms with E-state index in [2.05, 4.69) is 106 Å². The Labute approximate surface area is 360 Å². The summed E-state index contributed by atoms with van der Waals surface area (Å²) >= 11 is 0. The SMILES string of the molecule is CCCCC[C@@H](CCC1=C2[C@H](CC1=O)Cc1c(OC)cccc1[C@H]2O[Si](C)(C)C(C)(C)C)OC1CCCCO1.[C-]#[O+].[C-]#[O+].[C-]#[O+].[C-]#[O+].[C-]#[O+].[C-]#[O+].[C-]#[O+].[C-]#[O+].[Co].[Co]. The van der Waals surface area contributed by atoms with E-state index in [0.717, 1.165) is 69.3 Å². The minimum Gasteiger partial charge on any atom is 0 e. The van der Waals surface area contributed by atoms with Crippen LogP contribution in [-0.2, 0) is 95.9 Å². The summed E-state index contributed by atoms with van der Waals surface area (Å²) in [4.78, 5) is 13.6. The Morgan fingerprint density at radius 1 is 0.825 bits per heavy atom. The first-order valence-corrected chi connectivity index (χ1v) is 20.0. The van der Waals surface area contributed by atoms with E-state index in [9.17, 15) is 4.79 Å². The van der Waals surface area contributed by atoms with Crippen molar-refractivity contribution in [2.75, 3.05) is 13.7 Å². The first kappa shape index (κ1) is 69.1. The van der Waals surface area contributed by atoms with E-state index in [1.54, 1.807) is 7.11 Å². The number of ether oxygens (including phenoxy) is 3. The molecule has 316 valence electrons. The molecule has 1 heterocycles. The summed E-state index contributed by atoms with van der Waals surface area (Å²) in [6.07, 6.45) is 10.7. The summed E-state index contributed by atoms with van der Waals surface area (Å²) < 4.78 is 85.4. The maximum absolute atomic E-state index is 13.6. The molecule has 1 aliphatic heterocycles. The second-order valence-corrected chi connectivity index (χ2v) is 18.1. The van der Waals surface area contributed by atoms with Crippen LogP contribution in [-0.4, -0.2) is 40.2 Å². The molecule has 2 radical (unpaired) electrons. The molecule has 1 aromatic carbocycles. The number of fused-ring (bicyclic) bond motifs is 2. The van der Waals surface area contributed by atoms with Crippen LogP contribution >= 0.6 is 0 Å². The Hall–Kier alpha value is -2.54. The van der Waals surface area contributed by atoms with Gasteiger partial charge in [0.05, 0.1) is 19.3 Å². The quantitative estimate of drug-likeness (QED) is 0.0876. The van der Waals surface area contributed by atoms with Gasteiger partial charge >= 0.3 is 90.4 Å². The van der Waals surface area contributed by atoms with Crippen molar-refractivity contribution in [2.45, 2.75) is 135 Å². The molecule has 1 fully saturated rings. The molecule has 0 aromatic heterocycles. The van der Waals surface area contributed by atoms with Crippen molar-refractivity contribution in [1.29, 1.82) is 0 Å². The molecular formula is C41H52Co2O13Si. The Bertz CT molecular complexity index is 1330. The first-order chi connectivity index (χ1) is 26.6. The molecular weight excluding hydrogens is 846 g/mol. The number of Topliss-reactive ketones (excluding diaryl/α,β-unsaturated/α-hetero) is 1. The first-order valence-electron chi connectivity index (χ1n) is 17.1. The molecule has 3 aliphatic rings. The van der Waals surface area contributed by atoms with Gasteiger partial charge in [-0.2, -0.15) is 0 Å². The molecule has 16 heteroatoms. The van der Waals surface area contributed by atoms with Gasteiger partial charge in [-0.05, 0) is 91.8 Å². The molecule has 1 saturated heterocycles. The summed E-state index contributed by atoms with van der Waals surface area (Å²) in [6, 6.07) is 6.30. The van der Waals surface area contributed by atoms with Crippen molar-refractivity contribution in [3.05, 3.63) is 93.7 Å². The van der Waals surface area contributed by atoms with Gasteiger partial charge in [-0.15, -0.1) is 0 Å². The summed E-state index contributed by atoms with van der Waals surface area (Å²) in [5.41, 5.74) is 4.64. The van der Waals surface area contributed by atoms with Gasteiger partial charge in [0.15, 0.2) is 20.4 Å². The van der Waals surface area contributed by atoms with Gasteiger partial charge in [-0.1, -0.05) is 59.1 Å². The van der Waals surface area contributed by atoms with Crippen LogP contribution in [0.3, 0.4) is 0 Å². The van der Waals surface area contributed by atoms with E-state index >= 15 is 0 Å². The van der Waals surface area contributed by atoms with Crippen molar-refractivity contribution in [2.24, 2.45) is 5.92 Å². The van der Waals surface area contributed by atoms with Crippen LogP contribution in [0.15, 0.2) is 29.3 Å². The van der Waals surface area contributed by atoms with Gasteiger partial charge in [0, 0.05) is 52.1 Å². The standard InChI is InChI=1S/C33H52O5Si.8CO.2Co/c1-8-9-10-14-24(37-30-17-11-12-20-36-30)18-19-26-28(34)22-23-21-27-25(15-13-16-29(27)35-5)32(31(23)26)38-39(6,7)33(2,3)4;8*1-2;;/h13,15-16,23-24,30,32H,8-12,14,17-22H2,1-7H3;;;;;;;;;;/t23-,24-,30?,32+;;;;;;;;;;/m0........../s1. The summed E-state index contributed by atoms with van der Waals surface area (Å²) in [7, 11) is -0.383. The van der Waals surface area contributed by atoms with E-state index in [1.165, 1.54) is 29.5 Å². The topological polar surface area (TPSA) is 213 Å². The molecule has 0 amide bonds. The number of hydrogen-bond donors (Lipinski definition) is 0. The second-order valence-electron chi connectivity index (χ2n) is 13.3. The number of methoxy groups -OCH3 is 1. The maximum Gasteiger partial charge on any atom is 0 e. The molecule has 1 unspecified atom stereocenters. The third kappa shape index (κ3) is 23.6. The number of benzene rings is 1. The van der Waals surface area contributed by atoms with Crippen LogP contribution in [0.2, 0.25) is 18.1 Å². The molecule has 1 aromatic rings. The zero-order valence-electron chi connectivity index (χ0n) is 33.5. The Morgan fingerprint density at radius 3 is 1.82 bits per heavy atom. The fraction of sp³-hybridized carbons (Fsp3) is 0.585. The van der Waals surface area contributed by atoms with Gasteiger partial charge in [-0.25, -0.2) is 0 Å². The second kappa shape index (κ2) is 43.0. The van der Waals surface area contributed by atoms with Crippen LogP contribution in [0.1, 0.15) is 109 Å². The summed E-state index contributed by atoms with van der Waals surface area (Å²) in [6.45, 7) is 50.5. The number of allylic oxidation sites excluding steroid dienone is 1. The average Bonchev–Trinajstić information content (AvgIpc) is 3.56. The monoisotopic (exact) mass is 898 g/mol. The van der Waals surface area contributed by atoms with Crippen molar-refractivity contribution >= 4 is 14.1 Å². The molecule has 2 aliphatic carbocycles. The van der Waals surface area contributed by atoms with Crippen LogP contribution in [0.4, 0.5) is 0 Å². The molecule has 57 heavy (non-hydrogen) atoms. The number of carbonyl (C=O) groups excluding carboxylic acids is 1. The Kier molecular flexibility index (Phi) is 52.2. The van der Waals surface area contributed by atoms with Crippen LogP contribution in [0.5, 0.6) is 5.75 Å². The molecule has 13 nitrogen and oxygen atoms in total. The predicted molar refractivity (Wildman–Crippen MR) is 191 cm³/mol. The third-order valence-electron chi connectivity index (χ3n) is 9.51. The number of hydrogen-bond acceptors (Lipinski definition) is 5. The molecule has 0 saturated carbocycles. The Balaban J connectivity index is -0.000000248. The van der Waals surface area contributed by atoms with E-state index in [4.69, 9.17) is 55.9 Å². The van der Waals surface area contributed by atoms with Crippen LogP contribution in [0.25, 0.3) is 0 Å². The van der Waals surface area contributed by atoms with Gasteiger partial charge < -0.3 is 18.6 Å². The van der Waals surface area contributed by atoms with Crippen molar-refractivity contribution < 1.29 is 94.2 Å². The largest absolute Gasteiger partial charge is 0 e. The maximum atomic E-state index is 13.6. The molecule has 4 atom stereocenters. The third-order valence-corrected chi connectivity index (χ3v) is 13.9. The van der Waals surface area contributed by atoms with Gasteiger partial charge in [0.25, 0.3) is 0 Å². The van der Waals surface area contributed by atoms with E-state index in [1.807, 2.05) is 6.07 Å². The predicted octanol–water partition coefficient (Wildman–Crippen LogP) is 8.17. The Morgan fingerprint density at radius 2 is 1.37 bits per heavy atom.